The van der Waals surface area contributed by atoms with E-state index in [1.807, 2.05) is 12.1 Å². The van der Waals surface area contributed by atoms with Gasteiger partial charge in [-0.25, -0.2) is 9.18 Å². The molecule has 3 rings (SSSR count). The van der Waals surface area contributed by atoms with Gasteiger partial charge in [0.2, 0.25) is 0 Å². The fourth-order valence-electron chi connectivity index (χ4n) is 2.67. The Balaban J connectivity index is 2.08. The molecule has 6 nitrogen and oxygen atoms in total. The van der Waals surface area contributed by atoms with Crippen LogP contribution in [0.5, 0.6) is 0 Å². The lowest BCUT2D eigenvalue weighted by molar-refractivity contribution is -0.593. The molecule has 0 spiro atoms. The van der Waals surface area contributed by atoms with Crippen molar-refractivity contribution in [1.29, 1.82) is 0 Å². The average molecular weight is 339 g/mol. The Bertz CT molecular complexity index is 851. The largest absolute Gasteiger partial charge is 0.453 e. The zero-order chi connectivity index (χ0) is 16.4. The topological polar surface area (TPSA) is 68.3 Å². The number of fused-ring (bicyclic) bond motifs is 1. The minimum Gasteiger partial charge on any atom is -0.327 e. The summed E-state index contributed by atoms with van der Waals surface area (Å²) in [7, 11) is 0. The van der Waals surface area contributed by atoms with Crippen molar-refractivity contribution in [2.24, 2.45) is 5.73 Å². The van der Waals surface area contributed by atoms with Crippen molar-refractivity contribution >= 4 is 23.0 Å². The number of pyridine rings is 1. The van der Waals surface area contributed by atoms with E-state index in [0.29, 0.717) is 17.6 Å². The molecule has 0 aromatic carbocycles. The normalized spacial score (nSPS) is 16.0. The van der Waals surface area contributed by atoms with Crippen molar-refractivity contribution in [3.8, 4) is 0 Å². The van der Waals surface area contributed by atoms with E-state index in [1.54, 1.807) is 6.20 Å². The SMILES string of the molecule is NC/C(=C\F)Cn1c(=O)n2ccc(C3=CCNCC3)cc2[n+]1Cl. The van der Waals surface area contributed by atoms with E-state index in [1.165, 1.54) is 18.9 Å². The Kier molecular flexibility index (Phi) is 4.61. The molecule has 0 amide bonds. The van der Waals surface area contributed by atoms with Gasteiger partial charge in [-0.2, -0.15) is 0 Å². The molecule has 8 heteroatoms. The summed E-state index contributed by atoms with van der Waals surface area (Å²) in [6, 6.07) is 3.75. The van der Waals surface area contributed by atoms with E-state index < -0.39 is 0 Å². The number of nitrogens with zero attached hydrogens (tertiary/aromatic N) is 3. The molecule has 0 radical (unpaired) electrons. The second-order valence-electron chi connectivity index (χ2n) is 5.40. The average Bonchev–Trinajstić information content (AvgIpc) is 2.84. The Hall–Kier alpha value is -1.96. The van der Waals surface area contributed by atoms with Crippen molar-refractivity contribution in [1.82, 2.24) is 14.4 Å². The van der Waals surface area contributed by atoms with Crippen LogP contribution in [0.25, 0.3) is 11.2 Å². The molecule has 0 atom stereocenters. The minimum absolute atomic E-state index is 0.0129. The maximum atomic E-state index is 12.7. The molecule has 0 bridgehead atoms. The Morgan fingerprint density at radius 2 is 2.39 bits per heavy atom. The van der Waals surface area contributed by atoms with Gasteiger partial charge in [0.1, 0.15) is 6.20 Å². The summed E-state index contributed by atoms with van der Waals surface area (Å²) in [6.07, 6.45) is 5.15. The van der Waals surface area contributed by atoms with Crippen LogP contribution in [0.4, 0.5) is 4.39 Å². The number of nitrogens with one attached hydrogen (secondary N) is 1. The number of nitrogens with two attached hydrogens (primary N) is 1. The molecule has 23 heavy (non-hydrogen) atoms. The molecule has 3 N–H and O–H groups in total. The predicted octanol–water partition coefficient (Wildman–Crippen LogP) is 0.579. The summed E-state index contributed by atoms with van der Waals surface area (Å²) in [5.41, 5.74) is 8.18. The summed E-state index contributed by atoms with van der Waals surface area (Å²) in [4.78, 5) is 12.4. The lowest BCUT2D eigenvalue weighted by atomic mass is 10.0. The minimum atomic E-state index is -0.339. The first kappa shape index (κ1) is 15.9. The Labute approximate surface area is 137 Å². The molecule has 1 aliphatic rings. The van der Waals surface area contributed by atoms with Gasteiger partial charge >= 0.3 is 11.3 Å². The standard InChI is InChI=1S/C15H18ClFN5O/c16-22-14-7-13(12-1-4-19-5-2-12)3-6-20(14)15(23)21(22)10-11(8-17)9-18/h1,3,6-8,19H,2,4-5,9-10,18H2/q+1/b11-8+. The molecule has 0 unspecified atom stereocenters. The molecular formula is C15H18ClFN5O+. The molecule has 2 aromatic rings. The number of rotatable bonds is 4. The monoisotopic (exact) mass is 338 g/mol. The van der Waals surface area contributed by atoms with Gasteiger partial charge in [-0.15, -0.1) is 9.08 Å². The van der Waals surface area contributed by atoms with Crippen molar-refractivity contribution in [2.45, 2.75) is 13.0 Å². The van der Waals surface area contributed by atoms with Crippen molar-refractivity contribution < 1.29 is 8.59 Å². The molecule has 0 saturated heterocycles. The van der Waals surface area contributed by atoms with Crippen LogP contribution in [-0.2, 0) is 6.54 Å². The Morgan fingerprint density at radius 3 is 3.04 bits per heavy atom. The highest BCUT2D eigenvalue weighted by Crippen LogP contribution is 2.20. The van der Waals surface area contributed by atoms with Gasteiger partial charge < -0.3 is 11.1 Å². The first-order chi connectivity index (χ1) is 11.2. The van der Waals surface area contributed by atoms with Gasteiger partial charge in [-0.1, -0.05) is 6.08 Å². The van der Waals surface area contributed by atoms with E-state index in [2.05, 4.69) is 11.4 Å². The van der Waals surface area contributed by atoms with Gasteiger partial charge in [0.25, 0.3) is 0 Å². The molecule has 122 valence electrons. The van der Waals surface area contributed by atoms with Crippen LogP contribution in [0.1, 0.15) is 12.0 Å². The molecule has 3 heterocycles. The third kappa shape index (κ3) is 2.95. The Morgan fingerprint density at radius 1 is 1.57 bits per heavy atom. The lowest BCUT2D eigenvalue weighted by Gasteiger charge is -2.13. The van der Waals surface area contributed by atoms with Crippen LogP contribution < -0.4 is 20.9 Å². The second-order valence-corrected chi connectivity index (χ2v) is 5.72. The zero-order valence-electron chi connectivity index (χ0n) is 12.5. The second kappa shape index (κ2) is 6.66. The summed E-state index contributed by atoms with van der Waals surface area (Å²) in [6.45, 7) is 1.79. The van der Waals surface area contributed by atoms with Crippen LogP contribution >= 0.6 is 11.8 Å². The highest BCUT2D eigenvalue weighted by molar-refractivity contribution is 6.04. The van der Waals surface area contributed by atoms with Gasteiger partial charge in [-0.3, -0.25) is 0 Å². The highest BCUT2D eigenvalue weighted by atomic mass is 35.5. The van der Waals surface area contributed by atoms with Gasteiger partial charge in [0.15, 0.2) is 11.8 Å². The van der Waals surface area contributed by atoms with E-state index in [-0.39, 0.29) is 18.8 Å². The first-order valence-corrected chi connectivity index (χ1v) is 7.71. The molecule has 2 aromatic heterocycles. The van der Waals surface area contributed by atoms with E-state index in [0.717, 1.165) is 25.1 Å². The van der Waals surface area contributed by atoms with E-state index in [4.69, 9.17) is 17.5 Å². The van der Waals surface area contributed by atoms with Crippen LogP contribution in [0, 0.1) is 0 Å². The van der Waals surface area contributed by atoms with Gasteiger partial charge in [-0.05, 0) is 39.9 Å². The number of hydrogen-bond donors (Lipinski definition) is 2. The van der Waals surface area contributed by atoms with Crippen molar-refractivity contribution in [3.05, 3.63) is 52.4 Å². The predicted molar refractivity (Wildman–Crippen MR) is 86.8 cm³/mol. The summed E-state index contributed by atoms with van der Waals surface area (Å²) in [5.74, 6) is 0. The highest BCUT2D eigenvalue weighted by Gasteiger charge is 2.22. The maximum Gasteiger partial charge on any atom is 0.453 e. The fourth-order valence-corrected chi connectivity index (χ4v) is 2.91. The van der Waals surface area contributed by atoms with Crippen LogP contribution in [0.3, 0.4) is 0 Å². The van der Waals surface area contributed by atoms with E-state index >= 15 is 0 Å². The van der Waals surface area contributed by atoms with Crippen molar-refractivity contribution in [2.75, 3.05) is 19.6 Å². The summed E-state index contributed by atoms with van der Waals surface area (Å²) < 4.78 is 16.6. The smallest absolute Gasteiger partial charge is 0.327 e. The zero-order valence-corrected chi connectivity index (χ0v) is 13.3. The maximum absolute atomic E-state index is 12.7. The molecule has 1 aliphatic heterocycles. The lowest BCUT2D eigenvalue weighted by Crippen LogP contribution is -2.39. The molecule has 0 aliphatic carbocycles. The molecule has 0 fully saturated rings. The fraction of sp³-hybridized carbons (Fsp3) is 0.333. The summed E-state index contributed by atoms with van der Waals surface area (Å²) in [5, 5.41) is 3.26. The van der Waals surface area contributed by atoms with Crippen molar-refractivity contribution in [3.63, 3.8) is 0 Å². The van der Waals surface area contributed by atoms with Crippen LogP contribution in [0.15, 0.2) is 41.1 Å². The van der Waals surface area contributed by atoms with Crippen LogP contribution in [-0.4, -0.2) is 28.7 Å². The first-order valence-electron chi connectivity index (χ1n) is 7.37. The summed E-state index contributed by atoms with van der Waals surface area (Å²) >= 11 is 6.27. The quantitative estimate of drug-likeness (QED) is 0.857. The third-order valence-corrected chi connectivity index (χ3v) is 4.32. The van der Waals surface area contributed by atoms with E-state index in [9.17, 15) is 9.18 Å². The molecule has 0 saturated carbocycles. The molecular weight excluding hydrogens is 321 g/mol. The van der Waals surface area contributed by atoms with Crippen LogP contribution in [0.2, 0.25) is 0 Å². The number of aromatic nitrogens is 3. The number of halogens is 2. The van der Waals surface area contributed by atoms with Gasteiger partial charge in [0, 0.05) is 19.2 Å². The van der Waals surface area contributed by atoms with Gasteiger partial charge in [0.05, 0.1) is 12.9 Å². The number of hydrogen-bond acceptors (Lipinski definition) is 3. The third-order valence-electron chi connectivity index (χ3n) is 3.97.